The van der Waals surface area contributed by atoms with E-state index >= 15 is 0 Å². The molecule has 1 amide bonds. The fraction of sp³-hybridized carbons (Fsp3) is 0.500. The highest BCUT2D eigenvalue weighted by Crippen LogP contribution is 2.08. The normalized spacial score (nSPS) is 12.1. The van der Waals surface area contributed by atoms with E-state index in [2.05, 4.69) is 10.3 Å². The Morgan fingerprint density at radius 3 is 2.94 bits per heavy atom. The van der Waals surface area contributed by atoms with Crippen molar-refractivity contribution in [3.63, 3.8) is 0 Å². The Morgan fingerprint density at radius 2 is 2.31 bits per heavy atom. The van der Waals surface area contributed by atoms with Crippen LogP contribution in [0.2, 0.25) is 0 Å². The molecular formula is C12H17ClN2O. The van der Waals surface area contributed by atoms with E-state index in [4.69, 9.17) is 11.6 Å². The van der Waals surface area contributed by atoms with Crippen molar-refractivity contribution >= 4 is 17.5 Å². The summed E-state index contributed by atoms with van der Waals surface area (Å²) in [5.41, 5.74) is 0.883. The summed E-state index contributed by atoms with van der Waals surface area (Å²) in [6, 6.07) is 5.64. The lowest BCUT2D eigenvalue weighted by Crippen LogP contribution is -2.26. The van der Waals surface area contributed by atoms with Crippen LogP contribution in [-0.4, -0.2) is 16.8 Å². The number of nitrogens with zero attached hydrogens (tertiary/aromatic N) is 1. The van der Waals surface area contributed by atoms with Gasteiger partial charge in [-0.2, -0.15) is 0 Å². The number of rotatable bonds is 6. The summed E-state index contributed by atoms with van der Waals surface area (Å²) in [4.78, 5) is 15.7. The molecule has 0 spiro atoms. The molecule has 1 atom stereocenters. The molecule has 1 rings (SSSR count). The molecule has 0 aliphatic carbocycles. The van der Waals surface area contributed by atoms with Crippen LogP contribution in [0, 0.1) is 0 Å². The molecule has 1 unspecified atom stereocenters. The first-order valence-electron chi connectivity index (χ1n) is 5.50. The average Bonchev–Trinajstić information content (AvgIpc) is 2.30. The van der Waals surface area contributed by atoms with Crippen LogP contribution in [0.3, 0.4) is 0 Å². The first-order chi connectivity index (χ1) is 7.74. The second-order valence-electron chi connectivity index (χ2n) is 3.69. The van der Waals surface area contributed by atoms with Gasteiger partial charge in [0, 0.05) is 18.5 Å². The summed E-state index contributed by atoms with van der Waals surface area (Å²) < 4.78 is 0. The molecule has 1 aromatic rings. The Kier molecular flexibility index (Phi) is 5.86. The van der Waals surface area contributed by atoms with E-state index in [1.54, 1.807) is 6.20 Å². The monoisotopic (exact) mass is 240 g/mol. The van der Waals surface area contributed by atoms with Gasteiger partial charge < -0.3 is 5.32 Å². The van der Waals surface area contributed by atoms with Gasteiger partial charge >= 0.3 is 0 Å². The third-order valence-corrected chi connectivity index (χ3v) is 2.56. The zero-order valence-corrected chi connectivity index (χ0v) is 10.2. The molecule has 1 aromatic heterocycles. The quantitative estimate of drug-likeness (QED) is 0.614. The fourth-order valence-corrected chi connectivity index (χ4v) is 1.59. The van der Waals surface area contributed by atoms with Gasteiger partial charge in [-0.05, 0) is 31.9 Å². The van der Waals surface area contributed by atoms with E-state index in [0.29, 0.717) is 12.3 Å². The van der Waals surface area contributed by atoms with Crippen LogP contribution < -0.4 is 5.32 Å². The predicted molar refractivity (Wildman–Crippen MR) is 65.4 cm³/mol. The number of carbonyl (C=O) groups excluding carboxylic acids is 1. The number of nitrogens with one attached hydrogen (secondary N) is 1. The molecule has 0 aliphatic heterocycles. The molecule has 88 valence electrons. The van der Waals surface area contributed by atoms with Gasteiger partial charge in [0.1, 0.15) is 0 Å². The van der Waals surface area contributed by atoms with Crippen molar-refractivity contribution < 1.29 is 4.79 Å². The number of carbonyl (C=O) groups is 1. The van der Waals surface area contributed by atoms with Crippen LogP contribution in [-0.2, 0) is 4.79 Å². The molecule has 0 radical (unpaired) electrons. The van der Waals surface area contributed by atoms with Crippen molar-refractivity contribution in [3.8, 4) is 0 Å². The maximum atomic E-state index is 11.5. The summed E-state index contributed by atoms with van der Waals surface area (Å²) in [7, 11) is 0. The number of aromatic nitrogens is 1. The smallest absolute Gasteiger partial charge is 0.220 e. The minimum atomic E-state index is -0.0373. The standard InChI is InChI=1S/C12H17ClN2O/c1-10(11-6-3-5-9-14-11)15-12(16)7-2-4-8-13/h3,5-6,9-10H,2,4,7-8H2,1H3,(H,15,16). The number of unbranched alkanes of at least 4 members (excludes halogenated alkanes) is 1. The van der Waals surface area contributed by atoms with E-state index in [0.717, 1.165) is 18.5 Å². The SMILES string of the molecule is CC(NC(=O)CCCCCl)c1ccccn1. The minimum Gasteiger partial charge on any atom is -0.348 e. The average molecular weight is 241 g/mol. The molecule has 3 nitrogen and oxygen atoms in total. The van der Waals surface area contributed by atoms with Crippen molar-refractivity contribution in [2.45, 2.75) is 32.2 Å². The third-order valence-electron chi connectivity index (χ3n) is 2.30. The summed E-state index contributed by atoms with van der Waals surface area (Å²) in [6.45, 7) is 1.93. The van der Waals surface area contributed by atoms with Crippen LogP contribution in [0.15, 0.2) is 24.4 Å². The maximum absolute atomic E-state index is 11.5. The summed E-state index contributed by atoms with van der Waals surface area (Å²) in [6.07, 6.45) is 3.98. The van der Waals surface area contributed by atoms with E-state index in [1.165, 1.54) is 0 Å². The zero-order valence-electron chi connectivity index (χ0n) is 9.45. The third kappa shape index (κ3) is 4.62. The molecule has 1 heterocycles. The van der Waals surface area contributed by atoms with Gasteiger partial charge in [0.2, 0.25) is 5.91 Å². The highest BCUT2D eigenvalue weighted by Gasteiger charge is 2.09. The Labute approximate surface area is 101 Å². The largest absolute Gasteiger partial charge is 0.348 e. The van der Waals surface area contributed by atoms with E-state index in [-0.39, 0.29) is 11.9 Å². The first-order valence-corrected chi connectivity index (χ1v) is 6.03. The zero-order chi connectivity index (χ0) is 11.8. The molecular weight excluding hydrogens is 224 g/mol. The van der Waals surface area contributed by atoms with E-state index in [1.807, 2.05) is 25.1 Å². The van der Waals surface area contributed by atoms with Crippen molar-refractivity contribution in [1.82, 2.24) is 10.3 Å². The van der Waals surface area contributed by atoms with Gasteiger partial charge in [-0.3, -0.25) is 9.78 Å². The highest BCUT2D eigenvalue weighted by molar-refractivity contribution is 6.17. The van der Waals surface area contributed by atoms with Gasteiger partial charge in [0.05, 0.1) is 11.7 Å². The van der Waals surface area contributed by atoms with Crippen molar-refractivity contribution in [1.29, 1.82) is 0 Å². The molecule has 4 heteroatoms. The first kappa shape index (κ1) is 13.0. The molecule has 16 heavy (non-hydrogen) atoms. The number of halogens is 1. The Balaban J connectivity index is 2.34. The van der Waals surface area contributed by atoms with Gasteiger partial charge in [0.15, 0.2) is 0 Å². The summed E-state index contributed by atoms with van der Waals surface area (Å²) in [5.74, 6) is 0.673. The van der Waals surface area contributed by atoms with Crippen LogP contribution in [0.5, 0.6) is 0 Å². The molecule has 0 saturated carbocycles. The lowest BCUT2D eigenvalue weighted by Gasteiger charge is -2.12. The van der Waals surface area contributed by atoms with Crippen LogP contribution in [0.1, 0.15) is 37.9 Å². The molecule has 0 bridgehead atoms. The van der Waals surface area contributed by atoms with Crippen LogP contribution in [0.4, 0.5) is 0 Å². The number of amides is 1. The highest BCUT2D eigenvalue weighted by atomic mass is 35.5. The fourth-order valence-electron chi connectivity index (χ4n) is 1.40. The van der Waals surface area contributed by atoms with Gasteiger partial charge in [-0.25, -0.2) is 0 Å². The Bertz CT molecular complexity index is 316. The number of hydrogen-bond acceptors (Lipinski definition) is 2. The molecule has 0 aliphatic rings. The molecule has 0 saturated heterocycles. The number of hydrogen-bond donors (Lipinski definition) is 1. The Hall–Kier alpha value is -1.09. The maximum Gasteiger partial charge on any atom is 0.220 e. The lowest BCUT2D eigenvalue weighted by molar-refractivity contribution is -0.121. The van der Waals surface area contributed by atoms with Crippen molar-refractivity contribution in [2.24, 2.45) is 0 Å². The molecule has 1 N–H and O–H groups in total. The van der Waals surface area contributed by atoms with Gasteiger partial charge in [0.25, 0.3) is 0 Å². The van der Waals surface area contributed by atoms with Crippen LogP contribution in [0.25, 0.3) is 0 Å². The Morgan fingerprint density at radius 1 is 1.50 bits per heavy atom. The van der Waals surface area contributed by atoms with Gasteiger partial charge in [-0.1, -0.05) is 6.07 Å². The second-order valence-corrected chi connectivity index (χ2v) is 4.07. The van der Waals surface area contributed by atoms with Crippen molar-refractivity contribution in [2.75, 3.05) is 5.88 Å². The summed E-state index contributed by atoms with van der Waals surface area (Å²) >= 11 is 5.54. The summed E-state index contributed by atoms with van der Waals surface area (Å²) in [5, 5.41) is 2.91. The number of pyridine rings is 1. The minimum absolute atomic E-state index is 0.0373. The molecule has 0 aromatic carbocycles. The van der Waals surface area contributed by atoms with E-state index < -0.39 is 0 Å². The lowest BCUT2D eigenvalue weighted by atomic mass is 10.2. The van der Waals surface area contributed by atoms with Crippen molar-refractivity contribution in [3.05, 3.63) is 30.1 Å². The van der Waals surface area contributed by atoms with Gasteiger partial charge in [-0.15, -0.1) is 11.6 Å². The predicted octanol–water partition coefficient (Wildman–Crippen LogP) is 2.67. The van der Waals surface area contributed by atoms with Crippen LogP contribution >= 0.6 is 11.6 Å². The molecule has 0 fully saturated rings. The number of alkyl halides is 1. The second kappa shape index (κ2) is 7.23. The van der Waals surface area contributed by atoms with E-state index in [9.17, 15) is 4.79 Å². The topological polar surface area (TPSA) is 42.0 Å².